The Morgan fingerprint density at radius 3 is 2.67 bits per heavy atom. The summed E-state index contributed by atoms with van der Waals surface area (Å²) in [6, 6.07) is -0.169. The maximum atomic E-state index is 11.8. The molecule has 1 rings (SSSR count). The number of carbonyl (C=O) groups excluding carboxylic acids is 1. The number of amides is 1. The zero-order chi connectivity index (χ0) is 13.4. The summed E-state index contributed by atoms with van der Waals surface area (Å²) < 4.78 is 0. The van der Waals surface area contributed by atoms with Gasteiger partial charge in [0.2, 0.25) is 5.91 Å². The molecule has 1 saturated heterocycles. The Hall–Kier alpha value is -0.260. The highest BCUT2D eigenvalue weighted by atomic mass is 32.2. The fourth-order valence-electron chi connectivity index (χ4n) is 2.30. The monoisotopic (exact) mass is 273 g/mol. The van der Waals surface area contributed by atoms with Crippen molar-refractivity contribution in [3.8, 4) is 0 Å². The maximum absolute atomic E-state index is 11.8. The topological polar surface area (TPSA) is 58.4 Å². The van der Waals surface area contributed by atoms with Crippen LogP contribution in [0.15, 0.2) is 0 Å². The Labute approximate surface area is 115 Å². The molecule has 0 aromatic heterocycles. The van der Waals surface area contributed by atoms with Gasteiger partial charge >= 0.3 is 0 Å². The van der Waals surface area contributed by atoms with Gasteiger partial charge in [-0.25, -0.2) is 0 Å². The number of carbonyl (C=O) groups is 1. The number of nitrogens with one attached hydrogen (secondary N) is 1. The van der Waals surface area contributed by atoms with Crippen LogP contribution in [0.5, 0.6) is 0 Å². The van der Waals surface area contributed by atoms with Crippen molar-refractivity contribution in [2.45, 2.75) is 44.7 Å². The number of thioether (sulfide) groups is 1. The van der Waals surface area contributed by atoms with Crippen molar-refractivity contribution in [1.29, 1.82) is 0 Å². The predicted octanol–water partition coefficient (Wildman–Crippen LogP) is 1.06. The number of rotatable bonds is 7. The predicted molar refractivity (Wildman–Crippen MR) is 78.9 cm³/mol. The van der Waals surface area contributed by atoms with Gasteiger partial charge in [-0.2, -0.15) is 11.8 Å². The van der Waals surface area contributed by atoms with Crippen molar-refractivity contribution in [3.63, 3.8) is 0 Å². The van der Waals surface area contributed by atoms with Gasteiger partial charge in [0.1, 0.15) is 0 Å². The summed E-state index contributed by atoms with van der Waals surface area (Å²) >= 11 is 1.73. The van der Waals surface area contributed by atoms with Crippen molar-refractivity contribution in [3.05, 3.63) is 0 Å². The van der Waals surface area contributed by atoms with E-state index in [0.717, 1.165) is 18.7 Å². The smallest absolute Gasteiger partial charge is 0.237 e. The van der Waals surface area contributed by atoms with Crippen molar-refractivity contribution in [2.24, 2.45) is 5.73 Å². The van der Waals surface area contributed by atoms with Crippen LogP contribution >= 0.6 is 11.8 Å². The molecule has 4 nitrogen and oxygen atoms in total. The Bertz CT molecular complexity index is 244. The lowest BCUT2D eigenvalue weighted by Crippen LogP contribution is -2.49. The van der Waals surface area contributed by atoms with E-state index in [9.17, 15) is 4.79 Å². The van der Waals surface area contributed by atoms with Gasteiger partial charge in [0.15, 0.2) is 0 Å². The van der Waals surface area contributed by atoms with Gasteiger partial charge in [0, 0.05) is 12.6 Å². The molecule has 1 fully saturated rings. The van der Waals surface area contributed by atoms with E-state index in [-0.39, 0.29) is 18.0 Å². The lowest BCUT2D eigenvalue weighted by Gasteiger charge is -2.29. The summed E-state index contributed by atoms with van der Waals surface area (Å²) in [5, 5.41) is 3.02. The Morgan fingerprint density at radius 2 is 2.06 bits per heavy atom. The van der Waals surface area contributed by atoms with Crippen molar-refractivity contribution >= 4 is 17.7 Å². The summed E-state index contributed by atoms with van der Waals surface area (Å²) in [5.41, 5.74) is 5.85. The lowest BCUT2D eigenvalue weighted by atomic mass is 10.1. The van der Waals surface area contributed by atoms with Gasteiger partial charge < -0.3 is 16.0 Å². The van der Waals surface area contributed by atoms with Crippen LogP contribution in [0.2, 0.25) is 0 Å². The number of hydrogen-bond acceptors (Lipinski definition) is 4. The van der Waals surface area contributed by atoms with E-state index >= 15 is 0 Å². The first-order chi connectivity index (χ1) is 8.63. The first kappa shape index (κ1) is 15.8. The molecule has 0 spiro atoms. The summed E-state index contributed by atoms with van der Waals surface area (Å²) in [6.07, 6.45) is 6.70. The average molecular weight is 273 g/mol. The minimum atomic E-state index is -0.360. The summed E-state index contributed by atoms with van der Waals surface area (Å²) in [5.74, 6) is 0.934. The van der Waals surface area contributed by atoms with Crippen LogP contribution in [-0.2, 0) is 4.79 Å². The molecule has 0 aliphatic carbocycles. The molecule has 106 valence electrons. The minimum Gasteiger partial charge on any atom is -0.351 e. The van der Waals surface area contributed by atoms with Crippen LogP contribution in [0.1, 0.15) is 32.6 Å². The van der Waals surface area contributed by atoms with E-state index in [1.165, 1.54) is 32.4 Å². The number of hydrogen-bond donors (Lipinski definition) is 2. The number of piperidine rings is 1. The molecule has 1 aliphatic rings. The zero-order valence-electron chi connectivity index (χ0n) is 11.7. The molecule has 0 aromatic rings. The van der Waals surface area contributed by atoms with Gasteiger partial charge in [-0.15, -0.1) is 0 Å². The number of nitrogens with two attached hydrogens (primary N) is 1. The molecule has 1 unspecified atom stereocenters. The van der Waals surface area contributed by atoms with Crippen molar-refractivity contribution in [1.82, 2.24) is 10.2 Å². The Morgan fingerprint density at radius 1 is 1.39 bits per heavy atom. The second-order valence-corrected chi connectivity index (χ2v) is 6.14. The molecular weight excluding hydrogens is 246 g/mol. The number of likely N-dealkylation sites (tertiary alicyclic amines) is 1. The molecule has 18 heavy (non-hydrogen) atoms. The summed E-state index contributed by atoms with van der Waals surface area (Å²) in [4.78, 5) is 14.3. The molecule has 2 atom stereocenters. The molecule has 5 heteroatoms. The van der Waals surface area contributed by atoms with E-state index < -0.39 is 0 Å². The van der Waals surface area contributed by atoms with Gasteiger partial charge in [0.25, 0.3) is 0 Å². The molecule has 1 heterocycles. The van der Waals surface area contributed by atoms with Crippen LogP contribution in [0.3, 0.4) is 0 Å². The minimum absolute atomic E-state index is 0.00596. The van der Waals surface area contributed by atoms with E-state index in [2.05, 4.69) is 17.1 Å². The summed E-state index contributed by atoms with van der Waals surface area (Å²) in [7, 11) is 0. The van der Waals surface area contributed by atoms with E-state index in [4.69, 9.17) is 5.73 Å². The fraction of sp³-hybridized carbons (Fsp3) is 0.923. The highest BCUT2D eigenvalue weighted by molar-refractivity contribution is 7.98. The molecule has 3 N–H and O–H groups in total. The lowest BCUT2D eigenvalue weighted by molar-refractivity contribution is -0.123. The quantitative estimate of drug-likeness (QED) is 0.728. The highest BCUT2D eigenvalue weighted by Gasteiger charge is 2.18. The van der Waals surface area contributed by atoms with Gasteiger partial charge in [0.05, 0.1) is 6.04 Å². The summed E-state index contributed by atoms with van der Waals surface area (Å²) in [6.45, 7) is 5.34. The van der Waals surface area contributed by atoms with Crippen molar-refractivity contribution in [2.75, 3.05) is 31.6 Å². The highest BCUT2D eigenvalue weighted by Crippen LogP contribution is 2.08. The molecule has 0 bridgehead atoms. The van der Waals surface area contributed by atoms with Crippen LogP contribution in [0, 0.1) is 0 Å². The Kier molecular flexibility index (Phi) is 7.70. The van der Waals surface area contributed by atoms with E-state index in [1.54, 1.807) is 11.8 Å². The van der Waals surface area contributed by atoms with E-state index in [0.29, 0.717) is 0 Å². The molecule has 0 radical (unpaired) electrons. The molecule has 1 aliphatic heterocycles. The van der Waals surface area contributed by atoms with Crippen LogP contribution in [0.25, 0.3) is 0 Å². The third kappa shape index (κ3) is 6.07. The SMILES string of the molecule is CSCC[C@H](N)C(=O)NC(C)CN1CCCCC1. The Balaban J connectivity index is 2.21. The first-order valence-electron chi connectivity index (χ1n) is 6.90. The fourth-order valence-corrected chi connectivity index (χ4v) is 2.79. The number of nitrogens with zero attached hydrogens (tertiary/aromatic N) is 1. The second-order valence-electron chi connectivity index (χ2n) is 5.16. The van der Waals surface area contributed by atoms with Gasteiger partial charge in [-0.1, -0.05) is 6.42 Å². The normalized spacial score (nSPS) is 20.4. The zero-order valence-corrected chi connectivity index (χ0v) is 12.5. The van der Waals surface area contributed by atoms with Crippen LogP contribution < -0.4 is 11.1 Å². The van der Waals surface area contributed by atoms with Crippen LogP contribution in [0.4, 0.5) is 0 Å². The van der Waals surface area contributed by atoms with Crippen molar-refractivity contribution < 1.29 is 4.79 Å². The molecular formula is C13H27N3OS. The molecule has 0 aromatic carbocycles. The maximum Gasteiger partial charge on any atom is 0.237 e. The first-order valence-corrected chi connectivity index (χ1v) is 8.30. The van der Waals surface area contributed by atoms with Crippen LogP contribution in [-0.4, -0.2) is 54.5 Å². The molecule has 1 amide bonds. The third-order valence-electron chi connectivity index (χ3n) is 3.34. The second kappa shape index (κ2) is 8.77. The standard InChI is InChI=1S/C13H27N3OS/c1-11(10-16-7-4-3-5-8-16)15-13(17)12(14)6-9-18-2/h11-12H,3-10,14H2,1-2H3,(H,15,17)/t11?,12-/m0/s1. The average Bonchev–Trinajstić information content (AvgIpc) is 2.36. The molecule has 0 saturated carbocycles. The van der Waals surface area contributed by atoms with Gasteiger partial charge in [-0.05, 0) is 51.3 Å². The van der Waals surface area contributed by atoms with E-state index in [1.807, 2.05) is 6.26 Å². The third-order valence-corrected chi connectivity index (χ3v) is 3.98. The van der Waals surface area contributed by atoms with Gasteiger partial charge in [-0.3, -0.25) is 4.79 Å². The largest absolute Gasteiger partial charge is 0.351 e.